The minimum atomic E-state index is -5.21. The molecule has 2 atom stereocenters. The molecule has 1 aromatic rings. The lowest BCUT2D eigenvalue weighted by molar-refractivity contribution is -0.273. The smallest absolute Gasteiger partial charge is 0.375 e. The summed E-state index contributed by atoms with van der Waals surface area (Å²) in [5, 5.41) is 9.54. The van der Waals surface area contributed by atoms with Crippen LogP contribution in [0.4, 0.5) is 22.0 Å². The third kappa shape index (κ3) is 2.25. The van der Waals surface area contributed by atoms with Gasteiger partial charge in [0.25, 0.3) is 0 Å². The quantitative estimate of drug-likeness (QED) is 0.794. The van der Waals surface area contributed by atoms with Crippen molar-refractivity contribution in [1.29, 1.82) is 0 Å². The first-order valence-electron chi connectivity index (χ1n) is 4.61. The summed E-state index contributed by atoms with van der Waals surface area (Å²) in [6.07, 6.45) is -5.21. The number of alkyl halides is 3. The van der Waals surface area contributed by atoms with E-state index in [-0.39, 0.29) is 6.07 Å². The number of benzene rings is 1. The molecule has 2 unspecified atom stereocenters. The number of halogens is 5. The standard InChI is InChI=1S/C10H10F5NO/c1-5(16)9(17,10(13,14)15)7-4-6(11)2-3-8(7)12/h2-5,17H,16H2,1H3. The second kappa shape index (κ2) is 4.23. The van der Waals surface area contributed by atoms with Crippen molar-refractivity contribution in [3.63, 3.8) is 0 Å². The lowest BCUT2D eigenvalue weighted by Crippen LogP contribution is -2.54. The van der Waals surface area contributed by atoms with Gasteiger partial charge in [-0.2, -0.15) is 13.2 Å². The summed E-state index contributed by atoms with van der Waals surface area (Å²) in [4.78, 5) is 0. The molecule has 0 spiro atoms. The zero-order valence-corrected chi connectivity index (χ0v) is 8.72. The van der Waals surface area contributed by atoms with Gasteiger partial charge in [0, 0.05) is 11.6 Å². The Morgan fingerprint density at radius 2 is 1.76 bits per heavy atom. The number of rotatable bonds is 2. The summed E-state index contributed by atoms with van der Waals surface area (Å²) >= 11 is 0. The summed E-state index contributed by atoms with van der Waals surface area (Å²) < 4.78 is 64.3. The van der Waals surface area contributed by atoms with Gasteiger partial charge >= 0.3 is 6.18 Å². The molecule has 2 nitrogen and oxygen atoms in total. The Morgan fingerprint density at radius 3 is 2.18 bits per heavy atom. The number of aliphatic hydroxyl groups is 1. The van der Waals surface area contributed by atoms with E-state index in [2.05, 4.69) is 0 Å². The molecule has 0 saturated heterocycles. The molecule has 0 radical (unpaired) electrons. The zero-order valence-electron chi connectivity index (χ0n) is 8.72. The van der Waals surface area contributed by atoms with E-state index in [1.807, 2.05) is 0 Å². The summed E-state index contributed by atoms with van der Waals surface area (Å²) in [5.74, 6) is -2.46. The molecule has 96 valence electrons. The third-order valence-corrected chi connectivity index (χ3v) is 2.43. The fraction of sp³-hybridized carbons (Fsp3) is 0.400. The molecule has 0 aliphatic rings. The van der Waals surface area contributed by atoms with Crippen LogP contribution in [0.2, 0.25) is 0 Å². The van der Waals surface area contributed by atoms with Crippen molar-refractivity contribution < 1.29 is 27.1 Å². The van der Waals surface area contributed by atoms with Gasteiger partial charge in [-0.15, -0.1) is 0 Å². The highest BCUT2D eigenvalue weighted by molar-refractivity contribution is 5.28. The van der Waals surface area contributed by atoms with Crippen molar-refractivity contribution in [3.05, 3.63) is 35.4 Å². The van der Waals surface area contributed by atoms with Crippen LogP contribution in [-0.2, 0) is 5.60 Å². The molecule has 0 fully saturated rings. The van der Waals surface area contributed by atoms with Crippen molar-refractivity contribution >= 4 is 0 Å². The molecule has 1 rings (SSSR count). The molecule has 7 heteroatoms. The van der Waals surface area contributed by atoms with E-state index in [1.165, 1.54) is 0 Å². The van der Waals surface area contributed by atoms with Crippen molar-refractivity contribution in [2.24, 2.45) is 5.73 Å². The average Bonchev–Trinajstić information content (AvgIpc) is 2.18. The Morgan fingerprint density at radius 1 is 1.24 bits per heavy atom. The number of nitrogens with two attached hydrogens (primary N) is 1. The van der Waals surface area contributed by atoms with Crippen LogP contribution in [0, 0.1) is 11.6 Å². The maximum Gasteiger partial charge on any atom is 0.423 e. The fourth-order valence-electron chi connectivity index (χ4n) is 1.45. The van der Waals surface area contributed by atoms with Crippen LogP contribution in [0.1, 0.15) is 12.5 Å². The van der Waals surface area contributed by atoms with Crippen LogP contribution >= 0.6 is 0 Å². The van der Waals surface area contributed by atoms with Crippen molar-refractivity contribution in [1.82, 2.24) is 0 Å². The Hall–Kier alpha value is -1.21. The predicted molar refractivity (Wildman–Crippen MR) is 50.0 cm³/mol. The highest BCUT2D eigenvalue weighted by Gasteiger charge is 2.58. The third-order valence-electron chi connectivity index (χ3n) is 2.43. The Labute approximate surface area is 93.9 Å². The Bertz CT molecular complexity index is 418. The molecule has 0 saturated carbocycles. The summed E-state index contributed by atoms with van der Waals surface area (Å²) in [7, 11) is 0. The lowest BCUT2D eigenvalue weighted by Gasteiger charge is -2.34. The first kappa shape index (κ1) is 13.9. The van der Waals surface area contributed by atoms with Gasteiger partial charge < -0.3 is 10.8 Å². The van der Waals surface area contributed by atoms with E-state index in [1.54, 1.807) is 0 Å². The van der Waals surface area contributed by atoms with Crippen molar-refractivity contribution in [2.75, 3.05) is 0 Å². The molecular formula is C10H10F5NO. The van der Waals surface area contributed by atoms with Gasteiger partial charge in [0.05, 0.1) is 0 Å². The minimum Gasteiger partial charge on any atom is -0.375 e. The first-order valence-corrected chi connectivity index (χ1v) is 4.61. The highest BCUT2D eigenvalue weighted by atomic mass is 19.4. The van der Waals surface area contributed by atoms with Crippen LogP contribution in [0.15, 0.2) is 18.2 Å². The average molecular weight is 255 g/mol. The lowest BCUT2D eigenvalue weighted by atomic mass is 9.86. The van der Waals surface area contributed by atoms with Crippen molar-refractivity contribution in [3.8, 4) is 0 Å². The molecule has 0 aliphatic carbocycles. The van der Waals surface area contributed by atoms with E-state index in [9.17, 15) is 27.1 Å². The first-order chi connectivity index (χ1) is 7.60. The van der Waals surface area contributed by atoms with Gasteiger partial charge in [-0.25, -0.2) is 8.78 Å². The van der Waals surface area contributed by atoms with Crippen LogP contribution in [0.5, 0.6) is 0 Å². The largest absolute Gasteiger partial charge is 0.423 e. The second-order valence-electron chi connectivity index (χ2n) is 3.68. The molecule has 0 bridgehead atoms. The fourth-order valence-corrected chi connectivity index (χ4v) is 1.45. The topological polar surface area (TPSA) is 46.2 Å². The SMILES string of the molecule is CC(N)C(O)(c1cc(F)ccc1F)C(F)(F)F. The summed E-state index contributed by atoms with van der Waals surface area (Å²) in [6, 6.07) is -0.411. The van der Waals surface area contributed by atoms with Crippen molar-refractivity contribution in [2.45, 2.75) is 24.7 Å². The number of hydrogen-bond acceptors (Lipinski definition) is 2. The van der Waals surface area contributed by atoms with E-state index in [0.717, 1.165) is 6.92 Å². The molecule has 1 aromatic carbocycles. The van der Waals surface area contributed by atoms with E-state index in [4.69, 9.17) is 5.73 Å². The van der Waals surface area contributed by atoms with Gasteiger partial charge in [-0.05, 0) is 25.1 Å². The minimum absolute atomic E-state index is 0.284. The Kier molecular flexibility index (Phi) is 3.45. The van der Waals surface area contributed by atoms with Crippen LogP contribution < -0.4 is 5.73 Å². The molecule has 17 heavy (non-hydrogen) atoms. The van der Waals surface area contributed by atoms with Crippen LogP contribution in [0.25, 0.3) is 0 Å². The van der Waals surface area contributed by atoms with Gasteiger partial charge in [-0.1, -0.05) is 0 Å². The number of hydrogen-bond donors (Lipinski definition) is 2. The monoisotopic (exact) mass is 255 g/mol. The second-order valence-corrected chi connectivity index (χ2v) is 3.68. The maximum absolute atomic E-state index is 13.3. The maximum atomic E-state index is 13.3. The highest BCUT2D eigenvalue weighted by Crippen LogP contribution is 2.42. The van der Waals surface area contributed by atoms with Gasteiger partial charge in [0.2, 0.25) is 5.60 Å². The molecule has 0 aliphatic heterocycles. The zero-order chi connectivity index (χ0) is 13.4. The molecule has 0 aromatic heterocycles. The van der Waals surface area contributed by atoms with E-state index in [0.29, 0.717) is 12.1 Å². The summed E-state index contributed by atoms with van der Waals surface area (Å²) in [6.45, 7) is 0.859. The van der Waals surface area contributed by atoms with Crippen LogP contribution in [0.3, 0.4) is 0 Å². The molecule has 0 heterocycles. The molecular weight excluding hydrogens is 245 g/mol. The van der Waals surface area contributed by atoms with E-state index < -0.39 is 35.0 Å². The summed E-state index contributed by atoms with van der Waals surface area (Å²) in [5.41, 5.74) is 0.201. The van der Waals surface area contributed by atoms with Gasteiger partial charge in [-0.3, -0.25) is 0 Å². The van der Waals surface area contributed by atoms with Gasteiger partial charge in [0.15, 0.2) is 0 Å². The van der Waals surface area contributed by atoms with Crippen LogP contribution in [-0.4, -0.2) is 17.3 Å². The Balaban J connectivity index is 3.48. The molecule has 0 amide bonds. The predicted octanol–water partition coefficient (Wildman–Crippen LogP) is 2.06. The van der Waals surface area contributed by atoms with E-state index >= 15 is 0 Å². The van der Waals surface area contributed by atoms with Gasteiger partial charge in [0.1, 0.15) is 11.6 Å². The molecule has 3 N–H and O–H groups in total. The normalized spacial score (nSPS) is 17.6.